The lowest BCUT2D eigenvalue weighted by Crippen LogP contribution is -2.24. The predicted octanol–water partition coefficient (Wildman–Crippen LogP) is 2.10. The molecule has 1 aromatic rings. The zero-order valence-corrected chi connectivity index (χ0v) is 11.8. The molecule has 1 saturated heterocycles. The number of hydrogen-bond donors (Lipinski definition) is 3. The number of benzene rings is 1. The van der Waals surface area contributed by atoms with Gasteiger partial charge in [-0.2, -0.15) is 0 Å². The number of carbonyl (C=O) groups is 1. The number of carbonyl (C=O) groups excluding carboxylic acids is 1. The maximum atomic E-state index is 11.0. The minimum Gasteiger partial charge on any atom is -0.384 e. The van der Waals surface area contributed by atoms with E-state index < -0.39 is 5.91 Å². The first kappa shape index (κ1) is 13.4. The molecule has 0 aromatic heterocycles. The Morgan fingerprint density at radius 2 is 2.39 bits per heavy atom. The van der Waals surface area contributed by atoms with Crippen molar-refractivity contribution in [3.63, 3.8) is 0 Å². The monoisotopic (exact) mass is 311 g/mol. The molecule has 1 heterocycles. The van der Waals surface area contributed by atoms with Crippen LogP contribution in [0.3, 0.4) is 0 Å². The molecular weight excluding hydrogens is 294 g/mol. The van der Waals surface area contributed by atoms with Crippen molar-refractivity contribution in [2.24, 2.45) is 5.73 Å². The van der Waals surface area contributed by atoms with E-state index in [-0.39, 0.29) is 0 Å². The van der Waals surface area contributed by atoms with Crippen LogP contribution >= 0.6 is 15.9 Å². The normalized spacial score (nSPS) is 18.8. The smallest absolute Gasteiger partial charge is 0.248 e. The lowest BCUT2D eigenvalue weighted by molar-refractivity contribution is 0.100. The maximum absolute atomic E-state index is 11.0. The highest BCUT2D eigenvalue weighted by atomic mass is 79.9. The zero-order valence-electron chi connectivity index (χ0n) is 10.2. The molecule has 4 N–H and O–H groups in total. The van der Waals surface area contributed by atoms with Crippen LogP contribution in [0.5, 0.6) is 0 Å². The summed E-state index contributed by atoms with van der Waals surface area (Å²) in [7, 11) is 0. The Morgan fingerprint density at radius 1 is 1.56 bits per heavy atom. The van der Waals surface area contributed by atoms with Gasteiger partial charge in [0, 0.05) is 28.3 Å². The number of nitrogens with one attached hydrogen (secondary N) is 2. The van der Waals surface area contributed by atoms with E-state index in [9.17, 15) is 4.79 Å². The maximum Gasteiger partial charge on any atom is 0.248 e. The van der Waals surface area contributed by atoms with Crippen LogP contribution in [0.4, 0.5) is 5.69 Å². The lowest BCUT2D eigenvalue weighted by Gasteiger charge is -2.13. The van der Waals surface area contributed by atoms with Gasteiger partial charge in [-0.05, 0) is 59.9 Å². The van der Waals surface area contributed by atoms with Gasteiger partial charge in [-0.3, -0.25) is 4.79 Å². The van der Waals surface area contributed by atoms with E-state index in [0.717, 1.165) is 29.7 Å². The quantitative estimate of drug-likeness (QED) is 0.780. The second-order valence-corrected chi connectivity index (χ2v) is 5.42. The summed E-state index contributed by atoms with van der Waals surface area (Å²) in [6, 6.07) is 6.01. The van der Waals surface area contributed by atoms with Gasteiger partial charge in [0.2, 0.25) is 5.91 Å². The first-order valence-corrected chi connectivity index (χ1v) is 7.03. The van der Waals surface area contributed by atoms with Crippen molar-refractivity contribution in [1.29, 1.82) is 0 Å². The first-order chi connectivity index (χ1) is 8.66. The third kappa shape index (κ3) is 3.46. The SMILES string of the molecule is NC(=O)c1ccc(NCC[C@@H]2CCCN2)c(Br)c1. The molecule has 2 rings (SSSR count). The number of rotatable bonds is 5. The molecule has 1 atom stereocenters. The Labute approximate surface area is 115 Å². The zero-order chi connectivity index (χ0) is 13.0. The van der Waals surface area contributed by atoms with Crippen molar-refractivity contribution in [3.05, 3.63) is 28.2 Å². The van der Waals surface area contributed by atoms with Crippen LogP contribution in [-0.4, -0.2) is 25.0 Å². The molecule has 1 aromatic carbocycles. The Hall–Kier alpha value is -1.07. The molecule has 0 unspecified atom stereocenters. The van der Waals surface area contributed by atoms with Gasteiger partial charge in [-0.15, -0.1) is 0 Å². The Bertz CT molecular complexity index is 430. The summed E-state index contributed by atoms with van der Waals surface area (Å²) in [5.74, 6) is -0.405. The van der Waals surface area contributed by atoms with Gasteiger partial charge in [0.05, 0.1) is 0 Å². The van der Waals surface area contributed by atoms with Crippen LogP contribution in [0.25, 0.3) is 0 Å². The Morgan fingerprint density at radius 3 is 3.00 bits per heavy atom. The molecule has 5 heteroatoms. The molecule has 1 amide bonds. The van der Waals surface area contributed by atoms with Crippen molar-refractivity contribution in [2.75, 3.05) is 18.4 Å². The van der Waals surface area contributed by atoms with E-state index >= 15 is 0 Å². The van der Waals surface area contributed by atoms with Crippen LogP contribution in [0, 0.1) is 0 Å². The van der Waals surface area contributed by atoms with Crippen LogP contribution in [-0.2, 0) is 0 Å². The van der Waals surface area contributed by atoms with Gasteiger partial charge in [0.15, 0.2) is 0 Å². The minimum atomic E-state index is -0.405. The topological polar surface area (TPSA) is 67.2 Å². The number of hydrogen-bond acceptors (Lipinski definition) is 3. The molecule has 1 aliphatic rings. The molecule has 0 bridgehead atoms. The van der Waals surface area contributed by atoms with Gasteiger partial charge < -0.3 is 16.4 Å². The summed E-state index contributed by atoms with van der Waals surface area (Å²) in [4.78, 5) is 11.0. The van der Waals surface area contributed by atoms with Gasteiger partial charge in [-0.1, -0.05) is 0 Å². The van der Waals surface area contributed by atoms with Crippen molar-refractivity contribution in [1.82, 2.24) is 5.32 Å². The van der Waals surface area contributed by atoms with Crippen LogP contribution in [0.15, 0.2) is 22.7 Å². The van der Waals surface area contributed by atoms with Crippen molar-refractivity contribution in [2.45, 2.75) is 25.3 Å². The largest absolute Gasteiger partial charge is 0.384 e. The summed E-state index contributed by atoms with van der Waals surface area (Å²) in [6.07, 6.45) is 3.66. The molecular formula is C13H18BrN3O. The molecule has 0 saturated carbocycles. The van der Waals surface area contributed by atoms with E-state index in [2.05, 4.69) is 26.6 Å². The first-order valence-electron chi connectivity index (χ1n) is 6.23. The predicted molar refractivity (Wildman–Crippen MR) is 76.8 cm³/mol. The van der Waals surface area contributed by atoms with Crippen LogP contribution in [0.2, 0.25) is 0 Å². The van der Waals surface area contributed by atoms with Crippen molar-refractivity contribution < 1.29 is 4.79 Å². The van der Waals surface area contributed by atoms with E-state index in [1.807, 2.05) is 6.07 Å². The van der Waals surface area contributed by atoms with Crippen LogP contribution in [0.1, 0.15) is 29.6 Å². The van der Waals surface area contributed by atoms with Crippen molar-refractivity contribution >= 4 is 27.5 Å². The summed E-state index contributed by atoms with van der Waals surface area (Å²) in [5, 5.41) is 6.84. The average molecular weight is 312 g/mol. The van der Waals surface area contributed by atoms with Gasteiger partial charge >= 0.3 is 0 Å². The standard InChI is InChI=1S/C13H18BrN3O/c14-11-8-9(13(15)18)3-4-12(11)17-7-5-10-2-1-6-16-10/h3-4,8,10,16-17H,1-2,5-7H2,(H2,15,18)/t10-/m0/s1. The van der Waals surface area contributed by atoms with Crippen molar-refractivity contribution in [3.8, 4) is 0 Å². The molecule has 0 aliphatic carbocycles. The highest BCUT2D eigenvalue weighted by molar-refractivity contribution is 9.10. The summed E-state index contributed by atoms with van der Waals surface area (Å²) < 4.78 is 0.873. The molecule has 18 heavy (non-hydrogen) atoms. The lowest BCUT2D eigenvalue weighted by atomic mass is 10.1. The van der Waals surface area contributed by atoms with E-state index in [1.54, 1.807) is 12.1 Å². The molecule has 0 radical (unpaired) electrons. The number of halogens is 1. The average Bonchev–Trinajstić information content (AvgIpc) is 2.84. The Kier molecular flexibility index (Phi) is 4.60. The second-order valence-electron chi connectivity index (χ2n) is 4.57. The van der Waals surface area contributed by atoms with E-state index in [4.69, 9.17) is 5.73 Å². The van der Waals surface area contributed by atoms with E-state index in [1.165, 1.54) is 12.8 Å². The second kappa shape index (κ2) is 6.20. The number of amides is 1. The van der Waals surface area contributed by atoms with Crippen LogP contribution < -0.4 is 16.4 Å². The summed E-state index contributed by atoms with van der Waals surface area (Å²) in [5.41, 5.74) is 6.74. The molecule has 1 aliphatic heterocycles. The Balaban J connectivity index is 1.87. The third-order valence-corrected chi connectivity index (χ3v) is 3.88. The fraction of sp³-hybridized carbons (Fsp3) is 0.462. The molecule has 0 spiro atoms. The molecule has 98 valence electrons. The summed E-state index contributed by atoms with van der Waals surface area (Å²) in [6.45, 7) is 2.06. The number of anilines is 1. The van der Waals surface area contributed by atoms with Gasteiger partial charge in [-0.25, -0.2) is 0 Å². The fourth-order valence-corrected chi connectivity index (χ4v) is 2.71. The highest BCUT2D eigenvalue weighted by Gasteiger charge is 2.13. The number of primary amides is 1. The van der Waals surface area contributed by atoms with Gasteiger partial charge in [0.25, 0.3) is 0 Å². The molecule has 1 fully saturated rings. The molecule has 4 nitrogen and oxygen atoms in total. The number of nitrogens with two attached hydrogens (primary N) is 1. The van der Waals surface area contributed by atoms with Gasteiger partial charge in [0.1, 0.15) is 0 Å². The third-order valence-electron chi connectivity index (χ3n) is 3.22. The highest BCUT2D eigenvalue weighted by Crippen LogP contribution is 2.23. The minimum absolute atomic E-state index is 0.405. The fourth-order valence-electron chi connectivity index (χ4n) is 2.20. The van der Waals surface area contributed by atoms with E-state index in [0.29, 0.717) is 11.6 Å². The summed E-state index contributed by atoms with van der Waals surface area (Å²) >= 11 is 3.44.